The number of nitrogens with zero attached hydrogens (tertiary/aromatic N) is 2. The van der Waals surface area contributed by atoms with Gasteiger partial charge in [0.25, 0.3) is 0 Å². The van der Waals surface area contributed by atoms with Gasteiger partial charge in [-0.15, -0.1) is 0 Å². The average molecular weight is 272 g/mol. The third-order valence-electron chi connectivity index (χ3n) is 3.20. The minimum Gasteiger partial charge on any atom is -0.316 e. The predicted octanol–water partition coefficient (Wildman–Crippen LogP) is 3.20. The molecule has 1 N–H and O–H groups in total. The summed E-state index contributed by atoms with van der Waals surface area (Å²) in [6, 6.07) is 0. The molecule has 104 valence electrons. The van der Waals surface area contributed by atoms with Gasteiger partial charge in [0.1, 0.15) is 5.15 Å². The minimum atomic E-state index is 0.666. The third-order valence-corrected chi connectivity index (χ3v) is 3.68. The molecular weight excluding hydrogens is 246 g/mol. The Bertz CT molecular complexity index is 371. The molecule has 4 heteroatoms. The number of aromatic nitrogens is 2. The summed E-state index contributed by atoms with van der Waals surface area (Å²) in [4.78, 5) is 0. The number of halogens is 1. The van der Waals surface area contributed by atoms with Crippen molar-refractivity contribution in [2.75, 3.05) is 13.1 Å². The maximum Gasteiger partial charge on any atom is 0.130 e. The van der Waals surface area contributed by atoms with Crippen LogP contribution in [0.15, 0.2) is 0 Å². The van der Waals surface area contributed by atoms with Gasteiger partial charge in [0.05, 0.1) is 5.69 Å². The Morgan fingerprint density at radius 3 is 2.44 bits per heavy atom. The largest absolute Gasteiger partial charge is 0.316 e. The summed E-state index contributed by atoms with van der Waals surface area (Å²) in [6.07, 6.45) is 2.17. The van der Waals surface area contributed by atoms with Gasteiger partial charge in [0.15, 0.2) is 0 Å². The Hall–Kier alpha value is -0.540. The van der Waals surface area contributed by atoms with Crippen LogP contribution in [0.2, 0.25) is 5.15 Å². The van der Waals surface area contributed by atoms with Crippen LogP contribution in [0, 0.1) is 18.8 Å². The van der Waals surface area contributed by atoms with E-state index in [1.807, 2.05) is 14.0 Å². The number of hydrogen-bond acceptors (Lipinski definition) is 2. The first-order valence-electron chi connectivity index (χ1n) is 6.80. The van der Waals surface area contributed by atoms with Gasteiger partial charge < -0.3 is 5.32 Å². The van der Waals surface area contributed by atoms with E-state index in [1.54, 1.807) is 4.68 Å². The fraction of sp³-hybridized carbons (Fsp3) is 0.786. The fourth-order valence-corrected chi connectivity index (χ4v) is 2.34. The van der Waals surface area contributed by atoms with E-state index in [0.717, 1.165) is 36.8 Å². The van der Waals surface area contributed by atoms with Gasteiger partial charge in [-0.3, -0.25) is 4.68 Å². The van der Waals surface area contributed by atoms with E-state index < -0.39 is 0 Å². The molecule has 0 aliphatic heterocycles. The van der Waals surface area contributed by atoms with Crippen LogP contribution in [-0.4, -0.2) is 22.9 Å². The summed E-state index contributed by atoms with van der Waals surface area (Å²) in [6.45, 7) is 11.0. The quantitative estimate of drug-likeness (QED) is 0.825. The number of aryl methyl sites for hydroxylation is 2. The maximum absolute atomic E-state index is 6.23. The molecule has 18 heavy (non-hydrogen) atoms. The van der Waals surface area contributed by atoms with Crippen LogP contribution in [0.3, 0.4) is 0 Å². The van der Waals surface area contributed by atoms with Crippen LogP contribution >= 0.6 is 11.6 Å². The molecule has 1 heterocycles. The van der Waals surface area contributed by atoms with E-state index in [4.69, 9.17) is 11.6 Å². The highest BCUT2D eigenvalue weighted by Crippen LogP contribution is 2.21. The highest BCUT2D eigenvalue weighted by atomic mass is 35.5. The number of nitrogens with one attached hydrogen (secondary N) is 1. The zero-order valence-corrected chi connectivity index (χ0v) is 13.0. The van der Waals surface area contributed by atoms with Crippen LogP contribution in [0.4, 0.5) is 0 Å². The van der Waals surface area contributed by atoms with Gasteiger partial charge >= 0.3 is 0 Å². The molecule has 1 atom stereocenters. The van der Waals surface area contributed by atoms with E-state index in [-0.39, 0.29) is 0 Å². The third kappa shape index (κ3) is 4.62. The molecule has 0 amide bonds. The molecule has 1 unspecified atom stereocenters. The lowest BCUT2D eigenvalue weighted by Gasteiger charge is -2.13. The SMILES string of the molecule is Cc1nn(C)c(Cl)c1CCC(C)CNCC(C)C. The molecule has 0 radical (unpaired) electrons. The molecule has 3 nitrogen and oxygen atoms in total. The minimum absolute atomic E-state index is 0.666. The molecule has 0 fully saturated rings. The van der Waals surface area contributed by atoms with E-state index >= 15 is 0 Å². The van der Waals surface area contributed by atoms with Crippen LogP contribution in [0.1, 0.15) is 38.4 Å². The second-order valence-corrected chi connectivity index (χ2v) is 6.03. The predicted molar refractivity (Wildman–Crippen MR) is 78.1 cm³/mol. The smallest absolute Gasteiger partial charge is 0.130 e. The van der Waals surface area contributed by atoms with Crippen molar-refractivity contribution in [1.82, 2.24) is 15.1 Å². The first kappa shape index (κ1) is 15.5. The Kier molecular flexibility index (Phi) is 6.16. The van der Waals surface area contributed by atoms with Gasteiger partial charge in [-0.2, -0.15) is 5.10 Å². The standard InChI is InChI=1S/C14H26ClN3/c1-10(2)8-16-9-11(3)6-7-13-12(4)17-18(5)14(13)15/h10-11,16H,6-9H2,1-5H3. The Morgan fingerprint density at radius 1 is 1.28 bits per heavy atom. The van der Waals surface area contributed by atoms with E-state index in [1.165, 1.54) is 5.56 Å². The molecule has 0 saturated heterocycles. The summed E-state index contributed by atoms with van der Waals surface area (Å²) in [5, 5.41) is 8.63. The van der Waals surface area contributed by atoms with Crippen molar-refractivity contribution in [1.29, 1.82) is 0 Å². The average Bonchev–Trinajstić information content (AvgIpc) is 2.50. The van der Waals surface area contributed by atoms with Gasteiger partial charge in [-0.25, -0.2) is 0 Å². The van der Waals surface area contributed by atoms with Crippen molar-refractivity contribution in [3.63, 3.8) is 0 Å². The number of hydrogen-bond donors (Lipinski definition) is 1. The van der Waals surface area contributed by atoms with Crippen molar-refractivity contribution in [3.05, 3.63) is 16.4 Å². The lowest BCUT2D eigenvalue weighted by molar-refractivity contribution is 0.454. The monoisotopic (exact) mass is 271 g/mol. The molecule has 0 saturated carbocycles. The summed E-state index contributed by atoms with van der Waals surface area (Å²) in [5.74, 6) is 1.38. The first-order valence-corrected chi connectivity index (χ1v) is 7.18. The van der Waals surface area contributed by atoms with Gasteiger partial charge in [0, 0.05) is 12.6 Å². The lowest BCUT2D eigenvalue weighted by Crippen LogP contribution is -2.25. The molecule has 0 bridgehead atoms. The summed E-state index contributed by atoms with van der Waals surface area (Å²) in [7, 11) is 1.90. The maximum atomic E-state index is 6.23. The second kappa shape index (κ2) is 7.15. The first-order chi connectivity index (χ1) is 8.41. The van der Waals surface area contributed by atoms with E-state index in [2.05, 4.69) is 31.2 Å². The van der Waals surface area contributed by atoms with Crippen molar-refractivity contribution in [2.45, 2.75) is 40.5 Å². The topological polar surface area (TPSA) is 29.9 Å². The van der Waals surface area contributed by atoms with Crippen molar-refractivity contribution < 1.29 is 0 Å². The molecular formula is C14H26ClN3. The summed E-state index contributed by atoms with van der Waals surface area (Å²) in [5.41, 5.74) is 2.26. The molecule has 0 aromatic carbocycles. The normalized spacial score (nSPS) is 13.3. The Balaban J connectivity index is 2.36. The van der Waals surface area contributed by atoms with Crippen molar-refractivity contribution in [2.24, 2.45) is 18.9 Å². The molecule has 0 aliphatic carbocycles. The zero-order chi connectivity index (χ0) is 13.7. The van der Waals surface area contributed by atoms with Crippen LogP contribution in [0.25, 0.3) is 0 Å². The van der Waals surface area contributed by atoms with Crippen LogP contribution in [-0.2, 0) is 13.5 Å². The summed E-state index contributed by atoms with van der Waals surface area (Å²) < 4.78 is 1.76. The molecule has 1 rings (SSSR count). The van der Waals surface area contributed by atoms with E-state index in [0.29, 0.717) is 11.8 Å². The highest BCUT2D eigenvalue weighted by Gasteiger charge is 2.12. The van der Waals surface area contributed by atoms with Crippen molar-refractivity contribution in [3.8, 4) is 0 Å². The molecule has 0 spiro atoms. The van der Waals surface area contributed by atoms with Crippen LogP contribution in [0.5, 0.6) is 0 Å². The Morgan fingerprint density at radius 2 is 1.94 bits per heavy atom. The Labute approximate surface area is 116 Å². The highest BCUT2D eigenvalue weighted by molar-refractivity contribution is 6.30. The molecule has 0 aliphatic rings. The molecule has 1 aromatic heterocycles. The summed E-state index contributed by atoms with van der Waals surface area (Å²) >= 11 is 6.23. The van der Waals surface area contributed by atoms with Gasteiger partial charge in [-0.05, 0) is 44.7 Å². The van der Waals surface area contributed by atoms with E-state index in [9.17, 15) is 0 Å². The van der Waals surface area contributed by atoms with Gasteiger partial charge in [0.2, 0.25) is 0 Å². The van der Waals surface area contributed by atoms with Gasteiger partial charge in [-0.1, -0.05) is 32.4 Å². The number of rotatable bonds is 7. The fourth-order valence-electron chi connectivity index (χ4n) is 2.07. The van der Waals surface area contributed by atoms with Crippen molar-refractivity contribution >= 4 is 11.6 Å². The zero-order valence-electron chi connectivity index (χ0n) is 12.3. The van der Waals surface area contributed by atoms with Crippen LogP contribution < -0.4 is 5.32 Å². The lowest BCUT2D eigenvalue weighted by atomic mass is 10.0. The second-order valence-electron chi connectivity index (χ2n) is 5.67. The molecule has 1 aromatic rings.